The van der Waals surface area contributed by atoms with Crippen molar-refractivity contribution in [2.75, 3.05) is 5.32 Å². The number of nitrogens with one attached hydrogen (secondary N) is 1. The number of fused-ring (bicyclic) bond motifs is 1. The van der Waals surface area contributed by atoms with Gasteiger partial charge in [0.05, 0.1) is 11.6 Å². The number of aromatic nitrogens is 3. The molecule has 5 rings (SSSR count). The van der Waals surface area contributed by atoms with Crippen molar-refractivity contribution in [2.45, 2.75) is 36.2 Å². The van der Waals surface area contributed by atoms with Crippen molar-refractivity contribution >= 4 is 23.5 Å². The molecule has 0 spiro atoms. The molecule has 0 amide bonds. The van der Waals surface area contributed by atoms with Crippen LogP contribution in [0.4, 0.5) is 5.95 Å². The van der Waals surface area contributed by atoms with Gasteiger partial charge in [0.15, 0.2) is 5.78 Å². The summed E-state index contributed by atoms with van der Waals surface area (Å²) in [5.41, 5.74) is 4.45. The first-order valence-electron chi connectivity index (χ1n) is 9.89. The van der Waals surface area contributed by atoms with E-state index in [1.807, 2.05) is 35.0 Å². The van der Waals surface area contributed by atoms with Gasteiger partial charge >= 0.3 is 0 Å². The molecule has 0 bridgehead atoms. The molecule has 2 heterocycles. The van der Waals surface area contributed by atoms with Gasteiger partial charge in [-0.1, -0.05) is 54.2 Å². The fourth-order valence-electron chi connectivity index (χ4n) is 3.97. The number of thioether (sulfide) groups is 1. The number of anilines is 1. The molecule has 30 heavy (non-hydrogen) atoms. The fraction of sp³-hybridized carbons (Fsp3) is 0.217. The number of nitriles is 1. The first-order chi connectivity index (χ1) is 14.7. The molecule has 1 aliphatic heterocycles. The Hall–Kier alpha value is -3.37. The first-order valence-corrected chi connectivity index (χ1v) is 10.9. The van der Waals surface area contributed by atoms with Crippen molar-refractivity contribution < 1.29 is 4.79 Å². The van der Waals surface area contributed by atoms with Crippen LogP contribution in [0.3, 0.4) is 0 Å². The molecule has 7 heteroatoms. The van der Waals surface area contributed by atoms with Gasteiger partial charge in [0, 0.05) is 23.4 Å². The largest absolute Gasteiger partial charge is 0.328 e. The van der Waals surface area contributed by atoms with Gasteiger partial charge in [-0.15, -0.1) is 5.10 Å². The fourth-order valence-corrected chi connectivity index (χ4v) is 4.75. The number of carbonyl (C=O) groups is 1. The third-order valence-corrected chi connectivity index (χ3v) is 6.32. The Morgan fingerprint density at radius 1 is 1.13 bits per heavy atom. The van der Waals surface area contributed by atoms with Gasteiger partial charge in [0.25, 0.3) is 0 Å². The van der Waals surface area contributed by atoms with Gasteiger partial charge < -0.3 is 5.32 Å². The Balaban J connectivity index is 1.52. The second-order valence-corrected chi connectivity index (χ2v) is 8.31. The summed E-state index contributed by atoms with van der Waals surface area (Å²) in [4.78, 5) is 17.5. The van der Waals surface area contributed by atoms with Crippen molar-refractivity contribution in [3.05, 3.63) is 82.6 Å². The van der Waals surface area contributed by atoms with Crippen molar-refractivity contribution in [3.63, 3.8) is 0 Å². The molecule has 1 N–H and O–H groups in total. The van der Waals surface area contributed by atoms with Gasteiger partial charge in [-0.2, -0.15) is 10.2 Å². The zero-order valence-corrected chi connectivity index (χ0v) is 17.0. The van der Waals surface area contributed by atoms with Gasteiger partial charge in [-0.3, -0.25) is 4.79 Å². The molecular formula is C23H19N5OS. The van der Waals surface area contributed by atoms with Gasteiger partial charge in [-0.05, 0) is 36.1 Å². The monoisotopic (exact) mass is 413 g/mol. The quantitative estimate of drug-likeness (QED) is 0.636. The minimum Gasteiger partial charge on any atom is -0.328 e. The highest BCUT2D eigenvalue weighted by Gasteiger charge is 2.36. The van der Waals surface area contributed by atoms with Crippen LogP contribution in [0.5, 0.6) is 0 Å². The van der Waals surface area contributed by atoms with Crippen LogP contribution in [-0.4, -0.2) is 20.5 Å². The lowest BCUT2D eigenvalue weighted by atomic mass is 9.85. The smallest absolute Gasteiger partial charge is 0.227 e. The number of rotatable bonds is 4. The van der Waals surface area contributed by atoms with Gasteiger partial charge in [0.2, 0.25) is 11.1 Å². The molecule has 6 nitrogen and oxygen atoms in total. The van der Waals surface area contributed by atoms with Crippen LogP contribution in [-0.2, 0) is 10.5 Å². The summed E-state index contributed by atoms with van der Waals surface area (Å²) >= 11 is 1.57. The number of carbonyl (C=O) groups excluding carboxylic acids is 1. The number of nitrogens with zero attached hydrogens (tertiary/aromatic N) is 4. The molecule has 1 aliphatic carbocycles. The van der Waals surface area contributed by atoms with Crippen molar-refractivity contribution in [1.29, 1.82) is 5.26 Å². The Morgan fingerprint density at radius 2 is 1.93 bits per heavy atom. The Kier molecular flexibility index (Phi) is 4.85. The molecule has 2 aromatic carbocycles. The molecule has 3 aromatic rings. The maximum absolute atomic E-state index is 12.8. The summed E-state index contributed by atoms with van der Waals surface area (Å²) in [6.45, 7) is 0. The number of ketones is 1. The van der Waals surface area contributed by atoms with Crippen molar-refractivity contribution in [2.24, 2.45) is 0 Å². The van der Waals surface area contributed by atoms with Gasteiger partial charge in [0.1, 0.15) is 6.04 Å². The summed E-state index contributed by atoms with van der Waals surface area (Å²) < 4.78 is 1.82. The molecule has 1 aromatic heterocycles. The van der Waals surface area contributed by atoms with Crippen LogP contribution < -0.4 is 5.32 Å². The molecule has 0 saturated carbocycles. The number of Topliss-reactive ketones (excluding diaryl/α,β-unsaturated/α-hetero) is 1. The number of hydrogen-bond acceptors (Lipinski definition) is 6. The highest BCUT2D eigenvalue weighted by Crippen LogP contribution is 2.40. The van der Waals surface area contributed by atoms with Crippen LogP contribution >= 0.6 is 11.8 Å². The standard InChI is InChI=1S/C23H19N5OS/c24-13-15-9-11-17(12-10-15)21-20-18(7-4-8-19(20)29)25-22-26-23(27-28(21)22)30-14-16-5-2-1-3-6-16/h1-3,5-6,9-12,21H,4,7-8,14H2,(H,25,26,27)/t21-/m1/s1. The lowest BCUT2D eigenvalue weighted by molar-refractivity contribution is -0.116. The van der Waals surface area contributed by atoms with E-state index in [1.54, 1.807) is 23.9 Å². The highest BCUT2D eigenvalue weighted by molar-refractivity contribution is 7.98. The first kappa shape index (κ1) is 18.6. The van der Waals surface area contributed by atoms with Crippen LogP contribution in [0.15, 0.2) is 71.0 Å². The number of benzene rings is 2. The minimum atomic E-state index is -0.324. The Morgan fingerprint density at radius 3 is 2.70 bits per heavy atom. The second-order valence-electron chi connectivity index (χ2n) is 7.37. The van der Waals surface area contributed by atoms with Crippen molar-refractivity contribution in [3.8, 4) is 6.07 Å². The Labute approximate surface area is 178 Å². The number of hydrogen-bond donors (Lipinski definition) is 1. The third-order valence-electron chi connectivity index (χ3n) is 5.41. The molecular weight excluding hydrogens is 394 g/mol. The van der Waals surface area contributed by atoms with E-state index < -0.39 is 0 Å². The van der Waals surface area contributed by atoms with E-state index in [-0.39, 0.29) is 11.8 Å². The average Bonchev–Trinajstić information content (AvgIpc) is 3.20. The van der Waals surface area contributed by atoms with E-state index >= 15 is 0 Å². The molecule has 0 saturated heterocycles. The predicted molar refractivity (Wildman–Crippen MR) is 115 cm³/mol. The van der Waals surface area contributed by atoms with E-state index in [9.17, 15) is 4.79 Å². The summed E-state index contributed by atoms with van der Waals surface area (Å²) in [6.07, 6.45) is 2.22. The molecule has 148 valence electrons. The average molecular weight is 414 g/mol. The van der Waals surface area contributed by atoms with Crippen molar-refractivity contribution in [1.82, 2.24) is 14.8 Å². The topological polar surface area (TPSA) is 83.6 Å². The Bertz CT molecular complexity index is 1170. The van der Waals surface area contributed by atoms with E-state index in [0.29, 0.717) is 23.1 Å². The zero-order valence-electron chi connectivity index (χ0n) is 16.2. The summed E-state index contributed by atoms with van der Waals surface area (Å²) in [7, 11) is 0. The highest BCUT2D eigenvalue weighted by atomic mass is 32.2. The summed E-state index contributed by atoms with van der Waals surface area (Å²) in [5, 5.41) is 17.9. The van der Waals surface area contributed by atoms with Crippen LogP contribution in [0.25, 0.3) is 0 Å². The SMILES string of the molecule is N#Cc1ccc([C@@H]2C3=C(CCCC3=O)Nc3nc(SCc4ccccc4)nn32)cc1. The second kappa shape index (κ2) is 7.81. The van der Waals surface area contributed by atoms with E-state index in [1.165, 1.54) is 5.56 Å². The summed E-state index contributed by atoms with van der Waals surface area (Å²) in [5.74, 6) is 1.59. The molecule has 0 radical (unpaired) electrons. The maximum atomic E-state index is 12.8. The van der Waals surface area contributed by atoms with Crippen LogP contribution in [0.1, 0.15) is 42.0 Å². The van der Waals surface area contributed by atoms with E-state index in [4.69, 9.17) is 15.3 Å². The molecule has 2 aliphatic rings. The predicted octanol–water partition coefficient (Wildman–Crippen LogP) is 4.46. The normalized spacial score (nSPS) is 17.7. The van der Waals surface area contributed by atoms with Gasteiger partial charge in [-0.25, -0.2) is 4.68 Å². The lowest BCUT2D eigenvalue weighted by Crippen LogP contribution is -2.31. The zero-order chi connectivity index (χ0) is 20.5. The lowest BCUT2D eigenvalue weighted by Gasteiger charge is -2.32. The summed E-state index contributed by atoms with van der Waals surface area (Å²) in [6, 6.07) is 19.4. The number of allylic oxidation sites excluding steroid dienone is 2. The molecule has 0 fully saturated rings. The maximum Gasteiger partial charge on any atom is 0.227 e. The van der Waals surface area contributed by atoms with E-state index in [2.05, 4.69) is 23.5 Å². The third kappa shape index (κ3) is 3.40. The minimum absolute atomic E-state index is 0.151. The molecule has 1 atom stereocenters. The van der Waals surface area contributed by atoms with E-state index in [0.717, 1.165) is 35.4 Å². The van der Waals surface area contributed by atoms with Crippen LogP contribution in [0, 0.1) is 11.3 Å². The van der Waals surface area contributed by atoms with Crippen LogP contribution in [0.2, 0.25) is 0 Å². The molecule has 0 unspecified atom stereocenters.